The van der Waals surface area contributed by atoms with E-state index in [2.05, 4.69) is 10.6 Å². The van der Waals surface area contributed by atoms with E-state index in [1.165, 1.54) is 6.92 Å². The number of Topliss-reactive ketones (excluding diaryl/α,β-unsaturated/α-hetero) is 1. The van der Waals surface area contributed by atoms with Crippen LogP contribution in [-0.4, -0.2) is 66.1 Å². The summed E-state index contributed by atoms with van der Waals surface area (Å²) in [5.74, 6) is 0.542. The lowest BCUT2D eigenvalue weighted by Gasteiger charge is -2.15. The lowest BCUT2D eigenvalue weighted by atomic mass is 10.0. The number of carbonyl (C=O) groups excluding carboxylic acids is 2. The maximum atomic E-state index is 12.9. The summed E-state index contributed by atoms with van der Waals surface area (Å²) in [6, 6.07) is 16.5. The second-order valence-electron chi connectivity index (χ2n) is 8.18. The van der Waals surface area contributed by atoms with Crippen LogP contribution in [0.1, 0.15) is 22.8 Å². The molecule has 2 heterocycles. The fraction of sp³-hybridized carbons (Fsp3) is 0.320. The van der Waals surface area contributed by atoms with E-state index in [1.54, 1.807) is 22.9 Å². The standard InChI is InChI=1S/C25H29N5O4/c1-17-23(20-9-7-8-19(14-20)18(2)31)28-30(22-10-5-4-6-11-22)24(17)27-25(32)26-21-15-29(34-16-21)12-13-33-3/h4-11,14,21H,12-13,15-16H2,1-3H3,(H2,26,27,32)/t21-/m1/s1. The SMILES string of the molecule is COCCN1C[C@@H](NC(=O)Nc2c(C)c(-c3cccc(C(C)=O)c3)nn2-c2ccccc2)CO1. The van der Waals surface area contributed by atoms with Gasteiger partial charge in [-0.2, -0.15) is 10.2 Å². The van der Waals surface area contributed by atoms with Crippen LogP contribution in [0.25, 0.3) is 16.9 Å². The third kappa shape index (κ3) is 5.33. The Hall–Kier alpha value is -3.53. The number of urea groups is 1. The molecule has 9 nitrogen and oxygen atoms in total. The second kappa shape index (κ2) is 10.6. The van der Waals surface area contributed by atoms with Gasteiger partial charge in [-0.25, -0.2) is 9.48 Å². The van der Waals surface area contributed by atoms with E-state index in [-0.39, 0.29) is 17.9 Å². The Morgan fingerprint density at radius 3 is 2.71 bits per heavy atom. The van der Waals surface area contributed by atoms with Crippen LogP contribution in [0.15, 0.2) is 54.6 Å². The average Bonchev–Trinajstić information content (AvgIpc) is 3.42. The quantitative estimate of drug-likeness (QED) is 0.497. The Morgan fingerprint density at radius 2 is 1.97 bits per heavy atom. The Morgan fingerprint density at radius 1 is 1.18 bits per heavy atom. The smallest absolute Gasteiger partial charge is 0.320 e. The highest BCUT2D eigenvalue weighted by Crippen LogP contribution is 2.31. The number of carbonyl (C=O) groups is 2. The molecule has 2 amide bonds. The molecular weight excluding hydrogens is 434 g/mol. The van der Waals surface area contributed by atoms with Crippen molar-refractivity contribution in [3.05, 3.63) is 65.7 Å². The maximum Gasteiger partial charge on any atom is 0.320 e. The second-order valence-corrected chi connectivity index (χ2v) is 8.18. The molecule has 1 fully saturated rings. The number of ketones is 1. The zero-order valence-corrected chi connectivity index (χ0v) is 19.6. The summed E-state index contributed by atoms with van der Waals surface area (Å²) in [6.45, 7) is 5.62. The zero-order valence-electron chi connectivity index (χ0n) is 19.6. The molecule has 1 aliphatic heterocycles. The van der Waals surface area contributed by atoms with E-state index in [0.29, 0.717) is 43.4 Å². The number of hydrogen-bond acceptors (Lipinski definition) is 6. The number of hydroxylamine groups is 2. The number of nitrogens with zero attached hydrogens (tertiary/aromatic N) is 3. The first kappa shape index (κ1) is 23.6. The minimum Gasteiger partial charge on any atom is -0.383 e. The van der Waals surface area contributed by atoms with Crippen LogP contribution in [0.5, 0.6) is 0 Å². The number of rotatable bonds is 8. The summed E-state index contributed by atoms with van der Waals surface area (Å²) in [5, 5.41) is 12.5. The minimum absolute atomic E-state index is 0.0157. The van der Waals surface area contributed by atoms with Crippen LogP contribution >= 0.6 is 0 Å². The van der Waals surface area contributed by atoms with Gasteiger partial charge in [0.25, 0.3) is 0 Å². The van der Waals surface area contributed by atoms with Crippen molar-refractivity contribution >= 4 is 17.6 Å². The highest BCUT2D eigenvalue weighted by Gasteiger charge is 2.26. The monoisotopic (exact) mass is 463 g/mol. The summed E-state index contributed by atoms with van der Waals surface area (Å²) < 4.78 is 6.79. The third-order valence-corrected chi connectivity index (χ3v) is 5.66. The molecule has 3 aromatic rings. The number of methoxy groups -OCH3 is 1. The molecule has 2 N–H and O–H groups in total. The van der Waals surface area contributed by atoms with Crippen molar-refractivity contribution in [1.82, 2.24) is 20.2 Å². The van der Waals surface area contributed by atoms with Crippen LogP contribution < -0.4 is 10.6 Å². The molecule has 0 spiro atoms. The predicted octanol–water partition coefficient (Wildman–Crippen LogP) is 3.43. The van der Waals surface area contributed by atoms with Crippen LogP contribution in [0.3, 0.4) is 0 Å². The topological polar surface area (TPSA) is 97.7 Å². The molecule has 0 aliphatic carbocycles. The average molecular weight is 464 g/mol. The number of ether oxygens (including phenoxy) is 1. The lowest BCUT2D eigenvalue weighted by Crippen LogP contribution is -2.41. The van der Waals surface area contributed by atoms with E-state index < -0.39 is 0 Å². The van der Waals surface area contributed by atoms with Crippen LogP contribution in [0.4, 0.5) is 10.6 Å². The lowest BCUT2D eigenvalue weighted by molar-refractivity contribution is -0.118. The molecule has 0 radical (unpaired) electrons. The summed E-state index contributed by atoms with van der Waals surface area (Å²) in [6.07, 6.45) is 0. The first-order chi connectivity index (χ1) is 16.5. The fourth-order valence-electron chi connectivity index (χ4n) is 3.87. The minimum atomic E-state index is -0.341. The van der Waals surface area contributed by atoms with E-state index >= 15 is 0 Å². The Kier molecular flexibility index (Phi) is 7.36. The molecule has 2 aromatic carbocycles. The van der Waals surface area contributed by atoms with Gasteiger partial charge in [0.1, 0.15) is 5.82 Å². The van der Waals surface area contributed by atoms with Crippen molar-refractivity contribution in [3.63, 3.8) is 0 Å². The van der Waals surface area contributed by atoms with Gasteiger partial charge in [-0.3, -0.25) is 14.9 Å². The summed E-state index contributed by atoms with van der Waals surface area (Å²) in [5.41, 5.74) is 3.71. The van der Waals surface area contributed by atoms with Gasteiger partial charge in [0.05, 0.1) is 30.6 Å². The largest absolute Gasteiger partial charge is 0.383 e. The molecule has 1 atom stereocenters. The number of aromatic nitrogens is 2. The molecule has 1 aliphatic rings. The van der Waals surface area contributed by atoms with Gasteiger partial charge in [0, 0.05) is 36.9 Å². The number of hydrogen-bond donors (Lipinski definition) is 2. The first-order valence-electron chi connectivity index (χ1n) is 11.2. The normalized spacial score (nSPS) is 15.9. The molecule has 0 bridgehead atoms. The highest BCUT2D eigenvalue weighted by molar-refractivity contribution is 5.95. The summed E-state index contributed by atoms with van der Waals surface area (Å²) in [4.78, 5) is 30.4. The van der Waals surface area contributed by atoms with Crippen molar-refractivity contribution in [1.29, 1.82) is 0 Å². The number of para-hydroxylation sites is 1. The molecule has 34 heavy (non-hydrogen) atoms. The molecule has 178 valence electrons. The van der Waals surface area contributed by atoms with Gasteiger partial charge >= 0.3 is 6.03 Å². The molecule has 0 saturated carbocycles. The van der Waals surface area contributed by atoms with Gasteiger partial charge in [-0.15, -0.1) is 0 Å². The van der Waals surface area contributed by atoms with Crippen molar-refractivity contribution in [2.45, 2.75) is 19.9 Å². The molecule has 1 saturated heterocycles. The Bertz CT molecular complexity index is 1160. The zero-order chi connectivity index (χ0) is 24.1. The van der Waals surface area contributed by atoms with Gasteiger partial charge in [-0.1, -0.05) is 36.4 Å². The molecule has 4 rings (SSSR count). The number of nitrogens with one attached hydrogen (secondary N) is 2. The van der Waals surface area contributed by atoms with Crippen LogP contribution in [-0.2, 0) is 9.57 Å². The Labute approximate surface area is 198 Å². The van der Waals surface area contributed by atoms with Crippen LogP contribution in [0, 0.1) is 6.92 Å². The van der Waals surface area contributed by atoms with Gasteiger partial charge in [0.15, 0.2) is 5.78 Å². The van der Waals surface area contributed by atoms with Gasteiger partial charge in [0.2, 0.25) is 0 Å². The molecule has 1 aromatic heterocycles. The summed E-state index contributed by atoms with van der Waals surface area (Å²) >= 11 is 0. The van der Waals surface area contributed by atoms with Crippen molar-refractivity contribution in [2.75, 3.05) is 38.7 Å². The van der Waals surface area contributed by atoms with Crippen molar-refractivity contribution < 1.29 is 19.2 Å². The maximum absolute atomic E-state index is 12.9. The molecule has 9 heteroatoms. The fourth-order valence-corrected chi connectivity index (χ4v) is 3.87. The van der Waals surface area contributed by atoms with Crippen molar-refractivity contribution in [3.8, 4) is 16.9 Å². The number of amides is 2. The Balaban J connectivity index is 1.59. The number of anilines is 1. The predicted molar refractivity (Wildman–Crippen MR) is 129 cm³/mol. The summed E-state index contributed by atoms with van der Waals surface area (Å²) in [7, 11) is 1.64. The third-order valence-electron chi connectivity index (χ3n) is 5.66. The highest BCUT2D eigenvalue weighted by atomic mass is 16.7. The van der Waals surface area contributed by atoms with Crippen LogP contribution in [0.2, 0.25) is 0 Å². The molecule has 0 unspecified atom stereocenters. The first-order valence-corrected chi connectivity index (χ1v) is 11.2. The number of benzene rings is 2. The van der Waals surface area contributed by atoms with E-state index in [9.17, 15) is 9.59 Å². The van der Waals surface area contributed by atoms with Crippen molar-refractivity contribution in [2.24, 2.45) is 0 Å². The van der Waals surface area contributed by atoms with E-state index in [4.69, 9.17) is 14.7 Å². The molecular formula is C25H29N5O4. The van der Waals surface area contributed by atoms with E-state index in [1.807, 2.05) is 55.5 Å². The van der Waals surface area contributed by atoms with E-state index in [0.717, 1.165) is 16.8 Å². The van der Waals surface area contributed by atoms with Gasteiger partial charge < -0.3 is 10.1 Å². The van der Waals surface area contributed by atoms with Gasteiger partial charge in [-0.05, 0) is 32.0 Å².